The molecule has 3 heterocycles. The minimum Gasteiger partial charge on any atom is -0.461 e. The molecule has 2 aliphatic rings. The fourth-order valence-corrected chi connectivity index (χ4v) is 7.18. The topological polar surface area (TPSA) is 141 Å². The first-order chi connectivity index (χ1) is 26.0. The molecule has 17 heteroatoms. The van der Waals surface area contributed by atoms with Crippen LogP contribution in [0.1, 0.15) is 23.6 Å². The number of likely N-dealkylation sites (N-methyl/N-ethyl adjacent to an activating group) is 1. The second kappa shape index (κ2) is 19.6. The molecule has 0 radical (unpaired) electrons. The predicted octanol–water partition coefficient (Wildman–Crippen LogP) is 4.54. The first-order valence-corrected chi connectivity index (χ1v) is 18.1. The number of carbonyl (C=O) groups is 2. The molecule has 2 fully saturated rings. The van der Waals surface area contributed by atoms with Crippen molar-refractivity contribution in [3.63, 3.8) is 0 Å². The van der Waals surface area contributed by atoms with Crippen LogP contribution in [0.25, 0.3) is 6.08 Å². The van der Waals surface area contributed by atoms with E-state index in [-0.39, 0.29) is 55.9 Å². The molecule has 3 aromatic rings. The van der Waals surface area contributed by atoms with Crippen molar-refractivity contribution >= 4 is 30.0 Å². The van der Waals surface area contributed by atoms with Crippen LogP contribution in [0, 0.1) is 28.8 Å². The molecule has 2 unspecified atom stereocenters. The molecule has 0 spiro atoms. The minimum absolute atomic E-state index is 0.113. The molecule has 0 bridgehead atoms. The third kappa shape index (κ3) is 11.4. The normalized spacial score (nSPS) is 20.0. The van der Waals surface area contributed by atoms with Crippen LogP contribution >= 0.6 is 11.8 Å². The Hall–Kier alpha value is -4.73. The van der Waals surface area contributed by atoms with Crippen LogP contribution in [0.5, 0.6) is 0 Å². The number of thioether (sulfide) groups is 1. The van der Waals surface area contributed by atoms with Gasteiger partial charge in [-0.2, -0.15) is 10.4 Å². The molecule has 1 aromatic heterocycles. The van der Waals surface area contributed by atoms with E-state index in [4.69, 9.17) is 28.9 Å². The van der Waals surface area contributed by atoms with Gasteiger partial charge in [0.25, 0.3) is 0 Å². The number of piperazine rings is 1. The number of hydrogen-bond donors (Lipinski definition) is 0. The molecule has 13 nitrogen and oxygen atoms in total. The van der Waals surface area contributed by atoms with Crippen molar-refractivity contribution in [3.05, 3.63) is 101 Å². The molecule has 0 N–H and O–H groups in total. The third-order valence-corrected chi connectivity index (χ3v) is 10.2. The zero-order valence-electron chi connectivity index (χ0n) is 29.8. The van der Waals surface area contributed by atoms with Crippen molar-refractivity contribution in [2.45, 2.75) is 35.9 Å². The quantitative estimate of drug-likeness (QED) is 0.122. The van der Waals surface area contributed by atoms with Gasteiger partial charge in [-0.25, -0.2) is 27.6 Å². The Balaban J connectivity index is 1.22. The van der Waals surface area contributed by atoms with E-state index in [1.54, 1.807) is 31.2 Å². The molecule has 288 valence electrons. The van der Waals surface area contributed by atoms with Crippen LogP contribution in [-0.2, 0) is 40.6 Å². The van der Waals surface area contributed by atoms with Crippen LogP contribution < -0.4 is 0 Å². The number of allylic oxidation sites excluding steroid dienone is 2. The molecule has 2 atom stereocenters. The van der Waals surface area contributed by atoms with Crippen molar-refractivity contribution in [1.82, 2.24) is 24.6 Å². The Morgan fingerprint density at radius 1 is 1.06 bits per heavy atom. The van der Waals surface area contributed by atoms with Gasteiger partial charge in [-0.1, -0.05) is 24.3 Å². The summed E-state index contributed by atoms with van der Waals surface area (Å²) >= 11 is 1.30. The number of nitriles is 1. The van der Waals surface area contributed by atoms with E-state index in [0.29, 0.717) is 11.6 Å². The summed E-state index contributed by atoms with van der Waals surface area (Å²) in [6, 6.07) is 9.05. The maximum atomic E-state index is 15.6. The monoisotopic (exact) mass is 770 g/mol. The second-order valence-electron chi connectivity index (χ2n) is 12.6. The fourth-order valence-electron chi connectivity index (χ4n) is 5.82. The molecule has 5 rings (SSSR count). The molecule has 0 amide bonds. The Kier molecular flexibility index (Phi) is 14.6. The SMILES string of the molecule is CC(SC1COC(/C=C/C=C/c2ccc(C#N)cc2F)OC1)C(Cn1cncn1)(OC(=O)OCCOC(=O)CN1CCN(C)CC1)c1ccc(F)cc1F. The summed E-state index contributed by atoms with van der Waals surface area (Å²) < 4.78 is 73.6. The van der Waals surface area contributed by atoms with Crippen LogP contribution in [0.3, 0.4) is 0 Å². The fraction of sp³-hybridized carbons (Fsp3) is 0.432. The number of nitrogens with zero attached hydrogens (tertiary/aromatic N) is 6. The van der Waals surface area contributed by atoms with E-state index in [1.165, 1.54) is 47.3 Å². The maximum absolute atomic E-state index is 15.6. The van der Waals surface area contributed by atoms with Crippen molar-refractivity contribution in [1.29, 1.82) is 5.26 Å². The van der Waals surface area contributed by atoms with Crippen molar-refractivity contribution in [2.24, 2.45) is 0 Å². The van der Waals surface area contributed by atoms with E-state index >= 15 is 4.39 Å². The average Bonchev–Trinajstić information content (AvgIpc) is 3.66. The van der Waals surface area contributed by atoms with Gasteiger partial charge >= 0.3 is 12.1 Å². The number of hydrogen-bond acceptors (Lipinski definition) is 13. The van der Waals surface area contributed by atoms with Crippen molar-refractivity contribution in [2.75, 3.05) is 66.2 Å². The summed E-state index contributed by atoms with van der Waals surface area (Å²) in [7, 11) is 2.01. The lowest BCUT2D eigenvalue weighted by Gasteiger charge is -2.40. The van der Waals surface area contributed by atoms with E-state index in [2.05, 4.69) is 15.0 Å². The highest BCUT2D eigenvalue weighted by atomic mass is 32.2. The molecule has 2 saturated heterocycles. The van der Waals surface area contributed by atoms with E-state index in [1.807, 2.05) is 18.0 Å². The Morgan fingerprint density at radius 2 is 1.81 bits per heavy atom. The summed E-state index contributed by atoms with van der Waals surface area (Å²) in [5, 5.41) is 12.0. The number of halogens is 3. The van der Waals surface area contributed by atoms with Crippen molar-refractivity contribution < 1.29 is 46.4 Å². The van der Waals surface area contributed by atoms with Gasteiger partial charge in [0, 0.05) is 48.6 Å². The van der Waals surface area contributed by atoms with Gasteiger partial charge < -0.3 is 28.6 Å². The predicted molar refractivity (Wildman–Crippen MR) is 191 cm³/mol. The molecular formula is C37H41F3N6O7S. The number of rotatable bonds is 15. The zero-order valence-corrected chi connectivity index (χ0v) is 30.6. The van der Waals surface area contributed by atoms with Gasteiger partial charge in [-0.3, -0.25) is 9.69 Å². The Morgan fingerprint density at radius 3 is 2.50 bits per heavy atom. The van der Waals surface area contributed by atoms with Crippen LogP contribution in [0.15, 0.2) is 67.3 Å². The number of benzene rings is 2. The summed E-state index contributed by atoms with van der Waals surface area (Å²) in [5.74, 6) is -2.76. The van der Waals surface area contributed by atoms with Gasteiger partial charge in [0.1, 0.15) is 43.3 Å². The summed E-state index contributed by atoms with van der Waals surface area (Å²) in [6.07, 6.45) is 7.22. The third-order valence-electron chi connectivity index (χ3n) is 8.76. The molecule has 54 heavy (non-hydrogen) atoms. The molecule has 2 aromatic carbocycles. The molecular weight excluding hydrogens is 730 g/mol. The maximum Gasteiger partial charge on any atom is 0.509 e. The average molecular weight is 771 g/mol. The smallest absolute Gasteiger partial charge is 0.461 e. The van der Waals surface area contributed by atoms with Crippen LogP contribution in [0.4, 0.5) is 18.0 Å². The number of carbonyl (C=O) groups excluding carboxylic acids is 2. The second-order valence-corrected chi connectivity index (χ2v) is 14.3. The number of aromatic nitrogens is 3. The highest BCUT2D eigenvalue weighted by Gasteiger charge is 2.47. The number of ether oxygens (including phenoxy) is 5. The zero-order chi connectivity index (χ0) is 38.5. The Bertz CT molecular complexity index is 1810. The summed E-state index contributed by atoms with van der Waals surface area (Å²) in [5.41, 5.74) is -1.40. The summed E-state index contributed by atoms with van der Waals surface area (Å²) in [4.78, 5) is 33.8. The van der Waals surface area contributed by atoms with Gasteiger partial charge in [0.05, 0.1) is 43.2 Å². The van der Waals surface area contributed by atoms with Gasteiger partial charge in [0.15, 0.2) is 11.9 Å². The first kappa shape index (κ1) is 40.5. The lowest BCUT2D eigenvalue weighted by atomic mass is 9.89. The molecule has 0 saturated carbocycles. The van der Waals surface area contributed by atoms with E-state index in [0.717, 1.165) is 38.3 Å². The van der Waals surface area contributed by atoms with E-state index < -0.39 is 46.7 Å². The number of esters is 1. The molecule has 2 aliphatic heterocycles. The first-order valence-electron chi connectivity index (χ1n) is 17.2. The van der Waals surface area contributed by atoms with Gasteiger partial charge in [-0.05, 0) is 44.3 Å². The van der Waals surface area contributed by atoms with Crippen LogP contribution in [-0.4, -0.2) is 120 Å². The van der Waals surface area contributed by atoms with Gasteiger partial charge in [0.2, 0.25) is 0 Å². The highest BCUT2D eigenvalue weighted by molar-refractivity contribution is 8.00. The Labute approximate surface area is 315 Å². The summed E-state index contributed by atoms with van der Waals surface area (Å²) in [6.45, 7) is 4.62. The van der Waals surface area contributed by atoms with E-state index in [9.17, 15) is 18.4 Å². The van der Waals surface area contributed by atoms with Crippen LogP contribution in [0.2, 0.25) is 0 Å². The minimum atomic E-state index is -1.81. The largest absolute Gasteiger partial charge is 0.509 e. The highest BCUT2D eigenvalue weighted by Crippen LogP contribution is 2.42. The lowest BCUT2D eigenvalue weighted by Crippen LogP contribution is -2.47. The van der Waals surface area contributed by atoms with Crippen molar-refractivity contribution in [3.8, 4) is 6.07 Å². The lowest BCUT2D eigenvalue weighted by molar-refractivity contribution is -0.147. The van der Waals surface area contributed by atoms with Gasteiger partial charge in [-0.15, -0.1) is 11.8 Å². The standard InChI is InChI=1S/C37H41F3N6O7S/c1-26(54-30-21-51-35(52-22-30)6-4-3-5-28-8-7-27(19-41)17-32(28)39)37(23-46-25-42-24-43-46,31-10-9-29(38)18-33(31)40)53-36(48)50-16-15-49-34(47)20-45-13-11-44(2)12-14-45/h3-10,17-18,24-26,30,35H,11-16,20-23H2,1-2H3/b5-3+,6-4+. The molecule has 0 aliphatic carbocycles.